The number of phosphoric acid groups is 1. The molecule has 504 valence electrons. The van der Waals surface area contributed by atoms with Gasteiger partial charge < -0.3 is 28.8 Å². The van der Waals surface area contributed by atoms with Gasteiger partial charge in [0.2, 0.25) is 5.91 Å². The van der Waals surface area contributed by atoms with E-state index in [9.17, 15) is 19.4 Å². The zero-order valence-corrected chi connectivity index (χ0v) is 58.6. The Morgan fingerprint density at radius 1 is 0.414 bits per heavy atom. The average molecular weight is 1230 g/mol. The van der Waals surface area contributed by atoms with Crippen molar-refractivity contribution in [2.45, 2.75) is 341 Å². The summed E-state index contributed by atoms with van der Waals surface area (Å²) in [4.78, 5) is 25.7. The predicted molar refractivity (Wildman–Crippen MR) is 380 cm³/mol. The number of amides is 1. The quantitative estimate of drug-likeness (QED) is 0.0272. The number of carbonyl (C=O) groups excluding carboxylic acids is 1. The van der Waals surface area contributed by atoms with E-state index in [2.05, 4.69) is 116 Å². The lowest BCUT2D eigenvalue weighted by molar-refractivity contribution is -0.870. The molecule has 8 nitrogen and oxygen atoms in total. The Balaban J connectivity index is 4.08. The molecule has 0 bridgehead atoms. The van der Waals surface area contributed by atoms with Crippen LogP contribution in [0.4, 0.5) is 0 Å². The molecule has 0 saturated carbocycles. The molecule has 0 spiro atoms. The summed E-state index contributed by atoms with van der Waals surface area (Å²) in [7, 11) is 1.24. The van der Waals surface area contributed by atoms with Crippen molar-refractivity contribution in [1.82, 2.24) is 5.32 Å². The van der Waals surface area contributed by atoms with Gasteiger partial charge in [-0.25, -0.2) is 0 Å². The Morgan fingerprint density at radius 3 is 1.07 bits per heavy atom. The third-order valence-corrected chi connectivity index (χ3v) is 17.2. The number of nitrogens with one attached hydrogen (secondary N) is 1. The topological polar surface area (TPSA) is 108 Å². The van der Waals surface area contributed by atoms with Gasteiger partial charge in [-0.05, 0) is 96.3 Å². The molecule has 0 aliphatic rings. The second-order valence-corrected chi connectivity index (χ2v) is 27.3. The second kappa shape index (κ2) is 67.6. The molecule has 87 heavy (non-hydrogen) atoms. The fraction of sp³-hybridized carbons (Fsp3) is 0.756. The smallest absolute Gasteiger partial charge is 0.268 e. The van der Waals surface area contributed by atoms with E-state index in [4.69, 9.17) is 9.05 Å². The molecule has 0 rings (SSSR count). The van der Waals surface area contributed by atoms with Crippen LogP contribution < -0.4 is 10.2 Å². The van der Waals surface area contributed by atoms with Crippen LogP contribution in [-0.4, -0.2) is 68.5 Å². The molecule has 0 aromatic carbocycles. The minimum Gasteiger partial charge on any atom is -0.756 e. The minimum absolute atomic E-state index is 0.0116. The largest absolute Gasteiger partial charge is 0.756 e. The summed E-state index contributed by atoms with van der Waals surface area (Å²) >= 11 is 0. The number of unbranched alkanes of at least 4 members (excludes halogenated alkanes) is 38. The highest BCUT2D eigenvalue weighted by molar-refractivity contribution is 7.45. The highest BCUT2D eigenvalue weighted by atomic mass is 31.2. The van der Waals surface area contributed by atoms with Crippen molar-refractivity contribution < 1.29 is 32.9 Å². The van der Waals surface area contributed by atoms with Gasteiger partial charge in [0.25, 0.3) is 7.82 Å². The maximum Gasteiger partial charge on any atom is 0.268 e. The number of hydrogen-bond acceptors (Lipinski definition) is 6. The van der Waals surface area contributed by atoms with Crippen LogP contribution in [0.5, 0.6) is 0 Å². The van der Waals surface area contributed by atoms with Crippen LogP contribution in [0, 0.1) is 0 Å². The van der Waals surface area contributed by atoms with Gasteiger partial charge >= 0.3 is 0 Å². The van der Waals surface area contributed by atoms with E-state index in [1.54, 1.807) is 6.08 Å². The number of aliphatic hydroxyl groups is 1. The summed E-state index contributed by atoms with van der Waals surface area (Å²) in [6, 6.07) is -0.916. The normalized spacial score (nSPS) is 14.2. The van der Waals surface area contributed by atoms with Gasteiger partial charge in [0.1, 0.15) is 13.2 Å². The average Bonchev–Trinajstić information content (AvgIpc) is 3.70. The van der Waals surface area contributed by atoms with E-state index in [0.29, 0.717) is 17.4 Å². The third kappa shape index (κ3) is 70.5. The van der Waals surface area contributed by atoms with Crippen LogP contribution >= 0.6 is 7.82 Å². The van der Waals surface area contributed by atoms with Gasteiger partial charge in [-0.1, -0.05) is 335 Å². The number of nitrogens with zero attached hydrogens (tertiary/aromatic N) is 1. The van der Waals surface area contributed by atoms with Crippen LogP contribution in [0.1, 0.15) is 328 Å². The van der Waals surface area contributed by atoms with Crippen LogP contribution in [0.3, 0.4) is 0 Å². The van der Waals surface area contributed by atoms with Crippen molar-refractivity contribution in [1.29, 1.82) is 0 Å². The Kier molecular flexibility index (Phi) is 65.3. The predicted octanol–water partition coefficient (Wildman–Crippen LogP) is 23.2. The standard InChI is InChI=1S/C78H141N2O6P/c1-6-8-10-12-14-16-18-20-22-24-26-28-30-32-34-36-37-38-39-40-41-42-43-44-46-48-50-52-54-56-58-60-62-64-66-68-70-72-78(82)79-76(75-86-87(83,84)85-74-73-80(3,4)5)77(81)71-69-67-65-63-61-59-57-55-53-51-49-47-45-35-33-31-29-27-25-23-21-19-17-15-13-11-9-7-2/h8,10,14,16,20,22,26,28,32,34,37-38,53,55,61,63,69,71,76-77,81H,6-7,9,11-13,15,17-19,21,23-25,27,29-31,33,35-36,39-52,54,56-60,62,64-68,70,72-75H2,1-5H3,(H-,79,82,83,84)/b10-8-,16-14-,22-20-,28-26-,34-32-,38-37-,55-53+,63-61+,71-69+. The number of likely N-dealkylation sites (N-methyl/N-ethyl adjacent to an activating group) is 1. The molecule has 0 aliphatic carbocycles. The molecule has 1 amide bonds. The number of phosphoric ester groups is 1. The third-order valence-electron chi connectivity index (χ3n) is 16.2. The first-order valence-electron chi connectivity index (χ1n) is 36.7. The highest BCUT2D eigenvalue weighted by Gasteiger charge is 2.23. The molecule has 0 aromatic rings. The van der Waals surface area contributed by atoms with Gasteiger partial charge in [0.15, 0.2) is 0 Å². The van der Waals surface area contributed by atoms with Gasteiger partial charge in [-0.15, -0.1) is 0 Å². The highest BCUT2D eigenvalue weighted by Crippen LogP contribution is 2.38. The van der Waals surface area contributed by atoms with Crippen molar-refractivity contribution >= 4 is 13.7 Å². The summed E-state index contributed by atoms with van der Waals surface area (Å²) in [6.45, 7) is 4.54. The molecule has 3 atom stereocenters. The maximum atomic E-state index is 13.0. The first-order valence-corrected chi connectivity index (χ1v) is 38.2. The number of carbonyl (C=O) groups is 1. The monoisotopic (exact) mass is 1230 g/mol. The van der Waals surface area contributed by atoms with E-state index in [1.807, 2.05) is 27.2 Å². The molecular weight excluding hydrogens is 1090 g/mol. The van der Waals surface area contributed by atoms with Gasteiger partial charge in [0.05, 0.1) is 39.9 Å². The van der Waals surface area contributed by atoms with Gasteiger partial charge in [0, 0.05) is 6.42 Å². The maximum absolute atomic E-state index is 13.0. The van der Waals surface area contributed by atoms with E-state index >= 15 is 0 Å². The molecule has 0 heterocycles. The molecule has 3 unspecified atom stereocenters. The van der Waals surface area contributed by atoms with E-state index in [-0.39, 0.29) is 12.5 Å². The van der Waals surface area contributed by atoms with Crippen molar-refractivity contribution in [3.05, 3.63) is 109 Å². The Hall–Kier alpha value is -2.84. The lowest BCUT2D eigenvalue weighted by Crippen LogP contribution is -2.45. The van der Waals surface area contributed by atoms with Crippen molar-refractivity contribution in [3.8, 4) is 0 Å². The van der Waals surface area contributed by atoms with Crippen molar-refractivity contribution in [3.63, 3.8) is 0 Å². The Labute approximate surface area is 540 Å². The summed E-state index contributed by atoms with van der Waals surface area (Å²) < 4.78 is 23.5. The van der Waals surface area contributed by atoms with Gasteiger partial charge in [-0.2, -0.15) is 0 Å². The molecule has 0 radical (unpaired) electrons. The molecule has 0 fully saturated rings. The lowest BCUT2D eigenvalue weighted by Gasteiger charge is -2.29. The van der Waals surface area contributed by atoms with Crippen LogP contribution in [0.2, 0.25) is 0 Å². The number of rotatable bonds is 67. The second-order valence-electron chi connectivity index (χ2n) is 25.9. The fourth-order valence-electron chi connectivity index (χ4n) is 10.5. The lowest BCUT2D eigenvalue weighted by atomic mass is 10.0. The Morgan fingerprint density at radius 2 is 0.713 bits per heavy atom. The summed E-state index contributed by atoms with van der Waals surface area (Å²) in [5.41, 5.74) is 0. The SMILES string of the molecule is CC/C=C\C/C=C\C/C=C\C/C=C\C/C=C\C/C=C\CCCCCCCCCCCCCCCCCCCCC(=O)NC(COP(=O)([O-])OCC[N+](C)(C)C)C(O)/C=C/CC/C=C/CC/C=C/CCCCCCCCCCCCCCCCCCCC. The van der Waals surface area contributed by atoms with Crippen molar-refractivity contribution in [2.75, 3.05) is 40.9 Å². The number of hydrogen-bond donors (Lipinski definition) is 2. The van der Waals surface area contributed by atoms with Gasteiger partial charge in [-0.3, -0.25) is 9.36 Å². The summed E-state index contributed by atoms with van der Waals surface area (Å²) in [6.07, 6.45) is 99.4. The van der Waals surface area contributed by atoms with E-state index in [0.717, 1.165) is 83.5 Å². The molecule has 0 saturated heterocycles. The number of allylic oxidation sites excluding steroid dienone is 17. The molecular formula is C78H141N2O6P. The van der Waals surface area contributed by atoms with Crippen molar-refractivity contribution in [2.24, 2.45) is 0 Å². The minimum atomic E-state index is -4.62. The summed E-state index contributed by atoms with van der Waals surface area (Å²) in [5.74, 6) is -0.210. The zero-order chi connectivity index (χ0) is 63.4. The first-order chi connectivity index (χ1) is 42.5. The number of quaternary nitrogens is 1. The molecule has 2 N–H and O–H groups in total. The fourth-order valence-corrected chi connectivity index (χ4v) is 11.3. The zero-order valence-electron chi connectivity index (χ0n) is 57.7. The Bertz CT molecular complexity index is 1790. The first kappa shape index (κ1) is 84.2. The number of aliphatic hydroxyl groups excluding tert-OH is 1. The van der Waals surface area contributed by atoms with E-state index in [1.165, 1.54) is 225 Å². The van der Waals surface area contributed by atoms with Crippen LogP contribution in [0.25, 0.3) is 0 Å². The molecule has 0 aliphatic heterocycles. The van der Waals surface area contributed by atoms with Crippen LogP contribution in [-0.2, 0) is 18.4 Å². The van der Waals surface area contributed by atoms with E-state index < -0.39 is 26.6 Å². The van der Waals surface area contributed by atoms with Crippen LogP contribution in [0.15, 0.2) is 109 Å². The summed E-state index contributed by atoms with van der Waals surface area (Å²) in [5, 5.41) is 13.9. The molecule has 9 heteroatoms. The molecule has 0 aromatic heterocycles.